The minimum atomic E-state index is -0.956. The van der Waals surface area contributed by atoms with Gasteiger partial charge in [0.05, 0.1) is 11.1 Å². The standard InChI is InChI=1S/C13H11NO2/c1-2-4-9-5-3-6-12-11(9)7-10(8-14-12)13(15)16/h2-3,5-8H,1,4H2,(H,15,16). The highest BCUT2D eigenvalue weighted by Crippen LogP contribution is 2.19. The van der Waals surface area contributed by atoms with Crippen LogP contribution in [0.3, 0.4) is 0 Å². The predicted molar refractivity (Wildman–Crippen MR) is 62.6 cm³/mol. The van der Waals surface area contributed by atoms with Crippen molar-refractivity contribution in [3.63, 3.8) is 0 Å². The van der Waals surface area contributed by atoms with Crippen LogP contribution in [-0.4, -0.2) is 16.1 Å². The van der Waals surface area contributed by atoms with Crippen molar-refractivity contribution in [1.82, 2.24) is 4.98 Å². The third kappa shape index (κ3) is 1.80. The lowest BCUT2D eigenvalue weighted by molar-refractivity contribution is 0.0696. The van der Waals surface area contributed by atoms with Gasteiger partial charge in [0.15, 0.2) is 0 Å². The molecule has 0 radical (unpaired) electrons. The highest BCUT2D eigenvalue weighted by molar-refractivity contribution is 5.93. The Morgan fingerprint density at radius 1 is 1.50 bits per heavy atom. The van der Waals surface area contributed by atoms with Gasteiger partial charge in [0.2, 0.25) is 0 Å². The van der Waals surface area contributed by atoms with Crippen LogP contribution in [0.1, 0.15) is 15.9 Å². The summed E-state index contributed by atoms with van der Waals surface area (Å²) >= 11 is 0. The molecule has 1 aromatic carbocycles. The van der Waals surface area contributed by atoms with Crippen LogP contribution in [0.25, 0.3) is 10.9 Å². The van der Waals surface area contributed by atoms with E-state index in [1.807, 2.05) is 18.2 Å². The third-order valence-corrected chi connectivity index (χ3v) is 2.43. The predicted octanol–water partition coefficient (Wildman–Crippen LogP) is 2.66. The summed E-state index contributed by atoms with van der Waals surface area (Å²) < 4.78 is 0. The fourth-order valence-corrected chi connectivity index (χ4v) is 1.66. The van der Waals surface area contributed by atoms with Gasteiger partial charge in [-0.25, -0.2) is 4.79 Å². The molecule has 3 nitrogen and oxygen atoms in total. The Bertz CT molecular complexity index is 561. The molecule has 0 aliphatic rings. The number of carboxylic acids is 1. The smallest absolute Gasteiger partial charge is 0.337 e. The van der Waals surface area contributed by atoms with Crippen molar-refractivity contribution in [3.8, 4) is 0 Å². The van der Waals surface area contributed by atoms with Crippen LogP contribution in [0.2, 0.25) is 0 Å². The summed E-state index contributed by atoms with van der Waals surface area (Å²) in [7, 11) is 0. The van der Waals surface area contributed by atoms with Gasteiger partial charge in [-0.05, 0) is 24.1 Å². The van der Waals surface area contributed by atoms with Gasteiger partial charge < -0.3 is 5.11 Å². The van der Waals surface area contributed by atoms with Gasteiger partial charge in [0, 0.05) is 11.6 Å². The monoisotopic (exact) mass is 213 g/mol. The quantitative estimate of drug-likeness (QED) is 0.797. The van der Waals surface area contributed by atoms with E-state index in [1.165, 1.54) is 6.20 Å². The van der Waals surface area contributed by atoms with E-state index in [0.29, 0.717) is 6.42 Å². The lowest BCUT2D eigenvalue weighted by Gasteiger charge is -2.04. The van der Waals surface area contributed by atoms with E-state index in [2.05, 4.69) is 11.6 Å². The first-order valence-electron chi connectivity index (χ1n) is 4.94. The Balaban J connectivity index is 2.67. The van der Waals surface area contributed by atoms with E-state index in [9.17, 15) is 4.79 Å². The molecule has 3 heteroatoms. The fraction of sp³-hybridized carbons (Fsp3) is 0.0769. The van der Waals surface area contributed by atoms with E-state index in [1.54, 1.807) is 12.1 Å². The lowest BCUT2D eigenvalue weighted by atomic mass is 10.0. The maximum atomic E-state index is 10.9. The van der Waals surface area contributed by atoms with Crippen molar-refractivity contribution in [2.24, 2.45) is 0 Å². The van der Waals surface area contributed by atoms with E-state index in [-0.39, 0.29) is 5.56 Å². The summed E-state index contributed by atoms with van der Waals surface area (Å²) in [5.74, 6) is -0.956. The molecule has 1 heterocycles. The highest BCUT2D eigenvalue weighted by atomic mass is 16.4. The van der Waals surface area contributed by atoms with Crippen LogP contribution >= 0.6 is 0 Å². The largest absolute Gasteiger partial charge is 0.478 e. The van der Waals surface area contributed by atoms with Crippen LogP contribution in [0.15, 0.2) is 43.1 Å². The van der Waals surface area contributed by atoms with Crippen LogP contribution in [0.5, 0.6) is 0 Å². The molecule has 0 bridgehead atoms. The molecule has 2 aromatic rings. The Morgan fingerprint density at radius 2 is 2.31 bits per heavy atom. The fourth-order valence-electron chi connectivity index (χ4n) is 1.66. The van der Waals surface area contributed by atoms with Crippen LogP contribution in [-0.2, 0) is 6.42 Å². The van der Waals surface area contributed by atoms with Gasteiger partial charge in [0.1, 0.15) is 0 Å². The number of fused-ring (bicyclic) bond motifs is 1. The van der Waals surface area contributed by atoms with Crippen molar-refractivity contribution in [2.75, 3.05) is 0 Å². The zero-order valence-corrected chi connectivity index (χ0v) is 8.68. The van der Waals surface area contributed by atoms with Gasteiger partial charge in [-0.15, -0.1) is 6.58 Å². The Morgan fingerprint density at radius 3 is 3.00 bits per heavy atom. The summed E-state index contributed by atoms with van der Waals surface area (Å²) in [5, 5.41) is 9.78. The van der Waals surface area contributed by atoms with Gasteiger partial charge >= 0.3 is 5.97 Å². The molecular formula is C13H11NO2. The number of aromatic carboxylic acids is 1. The first-order chi connectivity index (χ1) is 7.72. The summed E-state index contributed by atoms with van der Waals surface area (Å²) in [6.45, 7) is 3.68. The van der Waals surface area contributed by atoms with E-state index >= 15 is 0 Å². The van der Waals surface area contributed by atoms with Crippen molar-refractivity contribution in [3.05, 3.63) is 54.2 Å². The average molecular weight is 213 g/mol. The molecule has 80 valence electrons. The number of nitrogens with zero attached hydrogens (tertiary/aromatic N) is 1. The average Bonchev–Trinajstić information content (AvgIpc) is 2.29. The Kier molecular flexibility index (Phi) is 2.68. The van der Waals surface area contributed by atoms with Crippen molar-refractivity contribution < 1.29 is 9.90 Å². The molecule has 0 saturated heterocycles. The van der Waals surface area contributed by atoms with Crippen LogP contribution < -0.4 is 0 Å². The molecule has 0 amide bonds. The minimum absolute atomic E-state index is 0.212. The second-order valence-electron chi connectivity index (χ2n) is 3.51. The maximum Gasteiger partial charge on any atom is 0.337 e. The summed E-state index contributed by atoms with van der Waals surface area (Å²) in [4.78, 5) is 15.0. The number of hydrogen-bond acceptors (Lipinski definition) is 2. The van der Waals surface area contributed by atoms with Gasteiger partial charge in [-0.3, -0.25) is 4.98 Å². The molecule has 0 aliphatic heterocycles. The van der Waals surface area contributed by atoms with Gasteiger partial charge in [-0.2, -0.15) is 0 Å². The molecule has 0 saturated carbocycles. The summed E-state index contributed by atoms with van der Waals surface area (Å²) in [5.41, 5.74) is 2.07. The number of hydrogen-bond donors (Lipinski definition) is 1. The molecule has 0 fully saturated rings. The number of rotatable bonds is 3. The van der Waals surface area contributed by atoms with Crippen molar-refractivity contribution in [2.45, 2.75) is 6.42 Å². The second-order valence-corrected chi connectivity index (χ2v) is 3.51. The first kappa shape index (κ1) is 10.4. The lowest BCUT2D eigenvalue weighted by Crippen LogP contribution is -1.98. The van der Waals surface area contributed by atoms with Crippen LogP contribution in [0, 0.1) is 0 Å². The second kappa shape index (κ2) is 4.14. The summed E-state index contributed by atoms with van der Waals surface area (Å²) in [6, 6.07) is 7.39. The van der Waals surface area contributed by atoms with Crippen LogP contribution in [0.4, 0.5) is 0 Å². The minimum Gasteiger partial charge on any atom is -0.478 e. The first-order valence-corrected chi connectivity index (χ1v) is 4.94. The normalized spacial score (nSPS) is 10.2. The number of carboxylic acid groups (broad SMARTS) is 1. The zero-order valence-electron chi connectivity index (χ0n) is 8.68. The van der Waals surface area contributed by atoms with E-state index < -0.39 is 5.97 Å². The number of benzene rings is 1. The molecule has 0 atom stereocenters. The molecule has 0 aliphatic carbocycles. The van der Waals surface area contributed by atoms with E-state index in [4.69, 9.17) is 5.11 Å². The number of aromatic nitrogens is 1. The van der Waals surface area contributed by atoms with Crippen molar-refractivity contribution >= 4 is 16.9 Å². The summed E-state index contributed by atoms with van der Waals surface area (Å²) in [6.07, 6.45) is 3.88. The molecule has 16 heavy (non-hydrogen) atoms. The highest BCUT2D eigenvalue weighted by Gasteiger charge is 2.06. The molecular weight excluding hydrogens is 202 g/mol. The van der Waals surface area contributed by atoms with Gasteiger partial charge in [-0.1, -0.05) is 18.2 Å². The van der Waals surface area contributed by atoms with Gasteiger partial charge in [0.25, 0.3) is 0 Å². The molecule has 1 N–H and O–H groups in total. The Labute approximate surface area is 93.1 Å². The van der Waals surface area contributed by atoms with E-state index in [0.717, 1.165) is 16.5 Å². The third-order valence-electron chi connectivity index (χ3n) is 2.43. The zero-order chi connectivity index (χ0) is 11.5. The topological polar surface area (TPSA) is 50.2 Å². The molecule has 0 spiro atoms. The number of allylic oxidation sites excluding steroid dienone is 1. The van der Waals surface area contributed by atoms with Crippen molar-refractivity contribution in [1.29, 1.82) is 0 Å². The Hall–Kier alpha value is -2.16. The molecule has 1 aromatic heterocycles. The molecule has 0 unspecified atom stereocenters. The number of carbonyl (C=O) groups is 1. The SMILES string of the molecule is C=CCc1cccc2ncc(C(=O)O)cc12. The number of pyridine rings is 1. The molecule has 2 rings (SSSR count). The maximum absolute atomic E-state index is 10.9.